The Kier molecular flexibility index (Phi) is 4.69. The second kappa shape index (κ2) is 6.49. The Morgan fingerprint density at radius 1 is 1.67 bits per heavy atom. The van der Waals surface area contributed by atoms with Gasteiger partial charge in [0.15, 0.2) is 0 Å². The largest absolute Gasteiger partial charge is 0.380 e. The number of nitrogens with zero attached hydrogens (tertiary/aromatic N) is 3. The molecule has 0 radical (unpaired) electrons. The van der Waals surface area contributed by atoms with Crippen LogP contribution in [0.2, 0.25) is 0 Å². The van der Waals surface area contributed by atoms with E-state index in [1.807, 2.05) is 6.92 Å². The van der Waals surface area contributed by atoms with Crippen LogP contribution in [0.1, 0.15) is 23.7 Å². The summed E-state index contributed by atoms with van der Waals surface area (Å²) in [6.45, 7) is 3.49. The van der Waals surface area contributed by atoms with Gasteiger partial charge in [-0.15, -0.1) is 0 Å². The first-order valence-electron chi connectivity index (χ1n) is 6.77. The van der Waals surface area contributed by atoms with Crippen molar-refractivity contribution in [2.24, 2.45) is 0 Å². The summed E-state index contributed by atoms with van der Waals surface area (Å²) in [5.41, 5.74) is -0.217. The number of nitrogens with one attached hydrogen (secondary N) is 1. The van der Waals surface area contributed by atoms with E-state index in [0.29, 0.717) is 25.5 Å². The minimum atomic E-state index is -0.583. The first-order chi connectivity index (χ1) is 10.1. The smallest absolute Gasteiger partial charge is 0.300 e. The zero-order valence-electron chi connectivity index (χ0n) is 12.0. The summed E-state index contributed by atoms with van der Waals surface area (Å²) in [5.74, 6) is 0.0942. The maximum Gasteiger partial charge on any atom is 0.300 e. The van der Waals surface area contributed by atoms with E-state index in [1.165, 1.54) is 6.07 Å². The average Bonchev–Trinajstić information content (AvgIpc) is 2.95. The fraction of sp³-hybridized carbons (Fsp3) is 0.538. The number of aromatic nitrogens is 1. The highest BCUT2D eigenvalue weighted by Crippen LogP contribution is 2.24. The number of likely N-dealkylation sites (tertiary alicyclic amines) is 1. The second-order valence-corrected chi connectivity index (χ2v) is 4.77. The molecule has 1 aliphatic heterocycles. The van der Waals surface area contributed by atoms with Crippen molar-refractivity contribution >= 4 is 17.4 Å². The molecule has 1 aromatic heterocycles. The van der Waals surface area contributed by atoms with E-state index in [4.69, 9.17) is 4.74 Å². The number of methoxy groups -OCH3 is 1. The van der Waals surface area contributed by atoms with Gasteiger partial charge in [0, 0.05) is 32.8 Å². The Morgan fingerprint density at radius 2 is 2.43 bits per heavy atom. The van der Waals surface area contributed by atoms with Crippen molar-refractivity contribution in [2.45, 2.75) is 19.4 Å². The van der Waals surface area contributed by atoms with E-state index in [-0.39, 0.29) is 23.3 Å². The standard InChI is InChI=1S/C13H18N4O4/c1-3-14-12-6-10(11(7-15-12)17(19)20)13(18)16-5-4-9(8-16)21-2/h6-7,9H,3-5,8H2,1-2H3,(H,14,15). The molecule has 1 aliphatic rings. The quantitative estimate of drug-likeness (QED) is 0.649. The van der Waals surface area contributed by atoms with Gasteiger partial charge < -0.3 is 15.0 Å². The van der Waals surface area contributed by atoms with Gasteiger partial charge in [0.2, 0.25) is 0 Å². The van der Waals surface area contributed by atoms with Gasteiger partial charge in [-0.05, 0) is 13.3 Å². The van der Waals surface area contributed by atoms with Crippen LogP contribution in [0.3, 0.4) is 0 Å². The van der Waals surface area contributed by atoms with Crippen LogP contribution >= 0.6 is 0 Å². The molecule has 1 saturated heterocycles. The van der Waals surface area contributed by atoms with Crippen molar-refractivity contribution in [1.29, 1.82) is 0 Å². The SMILES string of the molecule is CCNc1cc(C(=O)N2CCC(OC)C2)c([N+](=O)[O-])cn1. The first-order valence-corrected chi connectivity index (χ1v) is 6.77. The number of nitro groups is 1. The third-order valence-electron chi connectivity index (χ3n) is 3.43. The summed E-state index contributed by atoms with van der Waals surface area (Å²) in [6.07, 6.45) is 1.85. The highest BCUT2D eigenvalue weighted by atomic mass is 16.6. The van der Waals surface area contributed by atoms with E-state index >= 15 is 0 Å². The van der Waals surface area contributed by atoms with Gasteiger partial charge in [-0.1, -0.05) is 0 Å². The molecule has 21 heavy (non-hydrogen) atoms. The van der Waals surface area contributed by atoms with Gasteiger partial charge in [-0.3, -0.25) is 14.9 Å². The number of hydrogen-bond donors (Lipinski definition) is 1. The van der Waals surface area contributed by atoms with Gasteiger partial charge in [-0.25, -0.2) is 4.98 Å². The summed E-state index contributed by atoms with van der Waals surface area (Å²) in [7, 11) is 1.59. The molecule has 1 amide bonds. The van der Waals surface area contributed by atoms with Crippen molar-refractivity contribution in [3.05, 3.63) is 27.9 Å². The third-order valence-corrected chi connectivity index (χ3v) is 3.43. The lowest BCUT2D eigenvalue weighted by Crippen LogP contribution is -2.30. The molecule has 0 aliphatic carbocycles. The summed E-state index contributed by atoms with van der Waals surface area (Å²) >= 11 is 0. The molecule has 1 atom stereocenters. The summed E-state index contributed by atoms with van der Waals surface area (Å²) in [5, 5.41) is 14.0. The Bertz CT molecular complexity index is 549. The predicted octanol–water partition coefficient (Wildman–Crippen LogP) is 1.28. The Labute approximate surface area is 122 Å². The number of ether oxygens (including phenoxy) is 1. The minimum absolute atomic E-state index is 0.0110. The molecule has 8 heteroatoms. The van der Waals surface area contributed by atoms with Gasteiger partial charge in [-0.2, -0.15) is 0 Å². The number of carbonyl (C=O) groups excluding carboxylic acids is 1. The Morgan fingerprint density at radius 3 is 3.00 bits per heavy atom. The van der Waals surface area contributed by atoms with Crippen molar-refractivity contribution in [1.82, 2.24) is 9.88 Å². The Hall–Kier alpha value is -2.22. The molecular formula is C13H18N4O4. The van der Waals surface area contributed by atoms with Gasteiger partial charge in [0.25, 0.3) is 11.6 Å². The number of pyridine rings is 1. The van der Waals surface area contributed by atoms with Gasteiger partial charge >= 0.3 is 0 Å². The van der Waals surface area contributed by atoms with E-state index in [2.05, 4.69) is 10.3 Å². The number of anilines is 1. The van der Waals surface area contributed by atoms with Crippen LogP contribution in [0, 0.1) is 10.1 Å². The lowest BCUT2D eigenvalue weighted by atomic mass is 10.2. The van der Waals surface area contributed by atoms with Crippen molar-refractivity contribution in [2.75, 3.05) is 32.1 Å². The van der Waals surface area contributed by atoms with Crippen LogP contribution in [0.15, 0.2) is 12.3 Å². The lowest BCUT2D eigenvalue weighted by Gasteiger charge is -2.16. The molecule has 8 nitrogen and oxygen atoms in total. The maximum atomic E-state index is 12.5. The lowest BCUT2D eigenvalue weighted by molar-refractivity contribution is -0.385. The van der Waals surface area contributed by atoms with Crippen molar-refractivity contribution < 1.29 is 14.5 Å². The van der Waals surface area contributed by atoms with E-state index in [1.54, 1.807) is 12.0 Å². The topological polar surface area (TPSA) is 97.6 Å². The van der Waals surface area contributed by atoms with Crippen LogP contribution in [-0.4, -0.2) is 53.6 Å². The second-order valence-electron chi connectivity index (χ2n) is 4.77. The molecule has 114 valence electrons. The molecule has 1 aromatic rings. The fourth-order valence-electron chi connectivity index (χ4n) is 2.32. The predicted molar refractivity (Wildman–Crippen MR) is 76.4 cm³/mol. The number of amides is 1. The molecule has 2 rings (SSSR count). The molecule has 1 fully saturated rings. The van der Waals surface area contributed by atoms with Crippen LogP contribution < -0.4 is 5.32 Å². The number of hydrogen-bond acceptors (Lipinski definition) is 6. The highest BCUT2D eigenvalue weighted by Gasteiger charge is 2.31. The highest BCUT2D eigenvalue weighted by molar-refractivity contribution is 5.98. The summed E-state index contributed by atoms with van der Waals surface area (Å²) in [6, 6.07) is 1.43. The molecule has 2 heterocycles. The van der Waals surface area contributed by atoms with Gasteiger partial charge in [0.05, 0.1) is 11.0 Å². The molecule has 1 N–H and O–H groups in total. The molecule has 0 bridgehead atoms. The average molecular weight is 294 g/mol. The molecule has 0 saturated carbocycles. The Balaban J connectivity index is 2.29. The van der Waals surface area contributed by atoms with Crippen molar-refractivity contribution in [3.63, 3.8) is 0 Å². The van der Waals surface area contributed by atoms with Crippen molar-refractivity contribution in [3.8, 4) is 0 Å². The molecular weight excluding hydrogens is 276 g/mol. The summed E-state index contributed by atoms with van der Waals surface area (Å²) in [4.78, 5) is 28.5. The van der Waals surface area contributed by atoms with E-state index < -0.39 is 4.92 Å². The minimum Gasteiger partial charge on any atom is -0.380 e. The van der Waals surface area contributed by atoms with Gasteiger partial charge in [0.1, 0.15) is 17.6 Å². The van der Waals surface area contributed by atoms with Crippen LogP contribution in [0.5, 0.6) is 0 Å². The van der Waals surface area contributed by atoms with E-state index in [0.717, 1.165) is 12.6 Å². The molecule has 0 spiro atoms. The molecule has 0 aromatic carbocycles. The number of rotatable bonds is 5. The number of carbonyl (C=O) groups is 1. The normalized spacial score (nSPS) is 17.8. The monoisotopic (exact) mass is 294 g/mol. The maximum absolute atomic E-state index is 12.5. The van der Waals surface area contributed by atoms with Crippen LogP contribution in [-0.2, 0) is 4.74 Å². The van der Waals surface area contributed by atoms with E-state index in [9.17, 15) is 14.9 Å². The zero-order valence-corrected chi connectivity index (χ0v) is 12.0. The summed E-state index contributed by atoms with van der Waals surface area (Å²) < 4.78 is 5.21. The third kappa shape index (κ3) is 3.27. The fourth-order valence-corrected chi connectivity index (χ4v) is 2.32. The first kappa shape index (κ1) is 15.2. The van der Waals surface area contributed by atoms with Crippen LogP contribution in [0.4, 0.5) is 11.5 Å². The zero-order chi connectivity index (χ0) is 15.4. The molecule has 1 unspecified atom stereocenters. The van der Waals surface area contributed by atoms with Crippen LogP contribution in [0.25, 0.3) is 0 Å².